The van der Waals surface area contributed by atoms with Crippen LogP contribution in [0.25, 0.3) is 0 Å². The van der Waals surface area contributed by atoms with Gasteiger partial charge in [0.25, 0.3) is 0 Å². The van der Waals surface area contributed by atoms with Gasteiger partial charge in [-0.1, -0.05) is 138 Å². The first-order valence-electron chi connectivity index (χ1n) is 20.4. The number of carbonyl (C=O) groups excluding carboxylic acids is 1. The fourth-order valence-electron chi connectivity index (χ4n) is 5.11. The lowest BCUT2D eigenvalue weighted by molar-refractivity contribution is -0.149. The van der Waals surface area contributed by atoms with Crippen molar-refractivity contribution in [2.24, 2.45) is 5.73 Å². The van der Waals surface area contributed by atoms with Gasteiger partial charge in [0.05, 0.1) is 13.2 Å². The summed E-state index contributed by atoms with van der Waals surface area (Å²) in [6.07, 6.45) is 49.4. The average Bonchev–Trinajstić information content (AvgIpc) is 3.14. The van der Waals surface area contributed by atoms with Crippen LogP contribution in [-0.4, -0.2) is 49.9 Å². The number of hydrogen-bond acceptors (Lipinski definition) is 7. The second kappa shape index (κ2) is 40.1. The fraction of sp³-hybridized carbons (Fsp3) is 0.698. The van der Waals surface area contributed by atoms with Crippen molar-refractivity contribution in [1.82, 2.24) is 0 Å². The van der Waals surface area contributed by atoms with Gasteiger partial charge < -0.3 is 20.1 Å². The van der Waals surface area contributed by atoms with E-state index in [0.717, 1.165) is 83.5 Å². The molecule has 0 fully saturated rings. The van der Waals surface area contributed by atoms with Gasteiger partial charge in [0.15, 0.2) is 0 Å². The van der Waals surface area contributed by atoms with Crippen LogP contribution in [0.4, 0.5) is 0 Å². The summed E-state index contributed by atoms with van der Waals surface area (Å²) < 4.78 is 33.3. The highest BCUT2D eigenvalue weighted by Crippen LogP contribution is 2.43. The molecule has 0 aromatic carbocycles. The quantitative estimate of drug-likeness (QED) is 0.0277. The number of esters is 1. The highest BCUT2D eigenvalue weighted by atomic mass is 31.2. The van der Waals surface area contributed by atoms with E-state index >= 15 is 0 Å². The Bertz CT molecular complexity index is 1020. The Morgan fingerprint density at radius 1 is 0.596 bits per heavy atom. The predicted octanol–water partition coefficient (Wildman–Crippen LogP) is 12.0. The van der Waals surface area contributed by atoms with Gasteiger partial charge >= 0.3 is 13.8 Å². The van der Waals surface area contributed by atoms with Crippen molar-refractivity contribution >= 4 is 13.8 Å². The molecule has 0 aliphatic heterocycles. The van der Waals surface area contributed by atoms with E-state index in [2.05, 4.69) is 86.8 Å². The van der Waals surface area contributed by atoms with E-state index in [-0.39, 0.29) is 32.3 Å². The molecular formula is C43H76NO7P. The topological polar surface area (TPSA) is 117 Å². The number of allylic oxidation sites excluding steroid dienone is 12. The lowest BCUT2D eigenvalue weighted by Crippen LogP contribution is -2.27. The van der Waals surface area contributed by atoms with Gasteiger partial charge in [0.1, 0.15) is 12.7 Å². The number of phosphoric acid groups is 1. The van der Waals surface area contributed by atoms with E-state index in [9.17, 15) is 14.3 Å². The Morgan fingerprint density at radius 2 is 1.08 bits per heavy atom. The molecule has 0 amide bonds. The molecule has 0 saturated carbocycles. The average molecular weight is 750 g/mol. The van der Waals surface area contributed by atoms with Gasteiger partial charge in [-0.15, -0.1) is 0 Å². The monoisotopic (exact) mass is 750 g/mol. The van der Waals surface area contributed by atoms with Crippen LogP contribution in [0, 0.1) is 0 Å². The van der Waals surface area contributed by atoms with Crippen molar-refractivity contribution in [2.45, 2.75) is 161 Å². The minimum atomic E-state index is -4.26. The van der Waals surface area contributed by atoms with Gasteiger partial charge in [-0.3, -0.25) is 13.8 Å². The number of nitrogens with two attached hydrogens (primary N) is 1. The SMILES string of the molecule is CC/C=C\C/C=C\C/C=C\C/C=C\C/C=C\CCCCO[C@H](COC(=O)CCCCCCC/C=C\CCCCCCCC)COP(=O)(O)OCCN. The van der Waals surface area contributed by atoms with Gasteiger partial charge in [-0.2, -0.15) is 0 Å². The molecule has 0 spiro atoms. The van der Waals surface area contributed by atoms with Crippen LogP contribution < -0.4 is 5.73 Å². The van der Waals surface area contributed by atoms with E-state index in [4.69, 9.17) is 24.3 Å². The standard InChI is InChI=1S/C43H76NO7P/c1-3-5-7-9-11-13-15-17-19-20-21-23-25-27-29-31-33-35-38-48-42(41-51-52(46,47)50-39-37-44)40-49-43(45)36-34-32-30-28-26-24-22-18-16-14-12-10-8-6-4-2/h5,7,11,13,17-19,21-23,27,29,42H,3-4,6,8-10,12,14-16,20,24-26,28,30-41,44H2,1-2H3,(H,46,47)/b7-5-,13-11-,19-17-,22-18-,23-21-,29-27-/t42-/m1/s1. The van der Waals surface area contributed by atoms with Crippen molar-refractivity contribution in [3.05, 3.63) is 72.9 Å². The molecule has 0 rings (SSSR count). The van der Waals surface area contributed by atoms with Crippen LogP contribution in [0.2, 0.25) is 0 Å². The summed E-state index contributed by atoms with van der Waals surface area (Å²) in [5.41, 5.74) is 5.36. The number of ether oxygens (including phenoxy) is 2. The summed E-state index contributed by atoms with van der Waals surface area (Å²) in [5, 5.41) is 0. The molecule has 0 saturated heterocycles. The van der Waals surface area contributed by atoms with Gasteiger partial charge in [-0.25, -0.2) is 4.57 Å². The Labute approximate surface area is 318 Å². The van der Waals surface area contributed by atoms with Crippen molar-refractivity contribution in [3.8, 4) is 0 Å². The molecule has 300 valence electrons. The molecule has 9 heteroatoms. The highest BCUT2D eigenvalue weighted by Gasteiger charge is 2.24. The van der Waals surface area contributed by atoms with Crippen LogP contribution in [0.1, 0.15) is 155 Å². The Kier molecular flexibility index (Phi) is 38.5. The molecule has 52 heavy (non-hydrogen) atoms. The molecule has 0 aromatic heterocycles. The number of phosphoric ester groups is 1. The summed E-state index contributed by atoms with van der Waals surface area (Å²) in [6.45, 7) is 4.54. The molecule has 1 unspecified atom stereocenters. The maximum absolute atomic E-state index is 12.4. The third-order valence-electron chi connectivity index (χ3n) is 8.15. The highest BCUT2D eigenvalue weighted by molar-refractivity contribution is 7.47. The second-order valence-electron chi connectivity index (χ2n) is 13.1. The number of rotatable bonds is 38. The zero-order valence-electron chi connectivity index (χ0n) is 33.0. The summed E-state index contributed by atoms with van der Waals surface area (Å²) in [7, 11) is -4.26. The van der Waals surface area contributed by atoms with Gasteiger partial charge in [0, 0.05) is 19.6 Å². The van der Waals surface area contributed by atoms with Crippen LogP contribution in [-0.2, 0) is 27.9 Å². The molecule has 0 radical (unpaired) electrons. The normalized spacial score (nSPS) is 14.3. The first-order chi connectivity index (χ1) is 25.4. The molecule has 0 aliphatic rings. The largest absolute Gasteiger partial charge is 0.472 e. The van der Waals surface area contributed by atoms with Crippen LogP contribution in [0.3, 0.4) is 0 Å². The third kappa shape index (κ3) is 39.2. The first-order valence-corrected chi connectivity index (χ1v) is 21.9. The summed E-state index contributed by atoms with van der Waals surface area (Å²) in [5.74, 6) is -0.295. The van der Waals surface area contributed by atoms with E-state index in [0.29, 0.717) is 13.0 Å². The lowest BCUT2D eigenvalue weighted by atomic mass is 10.1. The minimum Gasteiger partial charge on any atom is -0.463 e. The van der Waals surface area contributed by atoms with E-state index in [1.807, 2.05) is 0 Å². The second-order valence-corrected chi connectivity index (χ2v) is 14.6. The molecule has 8 nitrogen and oxygen atoms in total. The molecule has 0 bridgehead atoms. The van der Waals surface area contributed by atoms with E-state index in [1.54, 1.807) is 0 Å². The maximum Gasteiger partial charge on any atom is 0.472 e. The van der Waals surface area contributed by atoms with E-state index in [1.165, 1.54) is 51.4 Å². The summed E-state index contributed by atoms with van der Waals surface area (Å²) >= 11 is 0. The van der Waals surface area contributed by atoms with Crippen molar-refractivity contribution < 1.29 is 32.8 Å². The molecule has 0 aromatic rings. The zero-order chi connectivity index (χ0) is 38.1. The smallest absolute Gasteiger partial charge is 0.463 e. The molecular weight excluding hydrogens is 673 g/mol. The van der Waals surface area contributed by atoms with Gasteiger partial charge in [-0.05, 0) is 83.5 Å². The predicted molar refractivity (Wildman–Crippen MR) is 219 cm³/mol. The summed E-state index contributed by atoms with van der Waals surface area (Å²) in [6, 6.07) is 0. The molecule has 3 N–H and O–H groups in total. The van der Waals surface area contributed by atoms with Crippen molar-refractivity contribution in [2.75, 3.05) is 33.0 Å². The zero-order valence-corrected chi connectivity index (χ0v) is 33.9. The third-order valence-corrected chi connectivity index (χ3v) is 9.13. The number of carbonyl (C=O) groups is 1. The van der Waals surface area contributed by atoms with Crippen molar-refractivity contribution in [3.63, 3.8) is 0 Å². The van der Waals surface area contributed by atoms with Crippen LogP contribution in [0.5, 0.6) is 0 Å². The Balaban J connectivity index is 4.18. The molecule has 2 atom stereocenters. The molecule has 0 heterocycles. The number of hydrogen-bond donors (Lipinski definition) is 2. The first kappa shape index (κ1) is 49.9. The minimum absolute atomic E-state index is 0.0461. The van der Waals surface area contributed by atoms with Crippen LogP contribution >= 0.6 is 7.82 Å². The maximum atomic E-state index is 12.4. The molecule has 0 aliphatic carbocycles. The lowest BCUT2D eigenvalue weighted by Gasteiger charge is -2.19. The Morgan fingerprint density at radius 3 is 1.63 bits per heavy atom. The van der Waals surface area contributed by atoms with Crippen LogP contribution in [0.15, 0.2) is 72.9 Å². The summed E-state index contributed by atoms with van der Waals surface area (Å²) in [4.78, 5) is 22.3. The van der Waals surface area contributed by atoms with Crippen molar-refractivity contribution in [1.29, 1.82) is 0 Å². The fourth-order valence-corrected chi connectivity index (χ4v) is 5.87. The van der Waals surface area contributed by atoms with Gasteiger partial charge in [0.2, 0.25) is 0 Å². The van der Waals surface area contributed by atoms with E-state index < -0.39 is 13.9 Å². The Hall–Kier alpha value is -2.06. The number of unbranched alkanes of at least 4 members (excludes halogenated alkanes) is 13.